The van der Waals surface area contributed by atoms with Crippen LogP contribution in [0.25, 0.3) is 0 Å². The first-order valence-electron chi connectivity index (χ1n) is 8.07. The molecule has 0 bridgehead atoms. The van der Waals surface area contributed by atoms with E-state index >= 15 is 0 Å². The van der Waals surface area contributed by atoms with Crippen LogP contribution in [0.1, 0.15) is 41.0 Å². The molecule has 1 N–H and O–H groups in total. The SMILES string of the molecule is Cc1ccccc1CCNC1CC(c2ccccc2C)C1. The molecule has 0 spiro atoms. The highest BCUT2D eigenvalue weighted by Gasteiger charge is 2.30. The Morgan fingerprint density at radius 3 is 2.29 bits per heavy atom. The van der Waals surface area contributed by atoms with Crippen molar-refractivity contribution in [2.45, 2.75) is 45.1 Å². The average Bonchev–Trinajstić information content (AvgIpc) is 2.44. The van der Waals surface area contributed by atoms with Crippen molar-refractivity contribution in [1.29, 1.82) is 0 Å². The summed E-state index contributed by atoms with van der Waals surface area (Å²) in [5.41, 5.74) is 5.88. The van der Waals surface area contributed by atoms with E-state index in [0.29, 0.717) is 6.04 Å². The van der Waals surface area contributed by atoms with Gasteiger partial charge in [0.15, 0.2) is 0 Å². The summed E-state index contributed by atoms with van der Waals surface area (Å²) in [5, 5.41) is 3.71. The summed E-state index contributed by atoms with van der Waals surface area (Å²) in [7, 11) is 0. The van der Waals surface area contributed by atoms with Gasteiger partial charge in [-0.1, -0.05) is 48.5 Å². The van der Waals surface area contributed by atoms with E-state index in [0.717, 1.165) is 18.9 Å². The number of aryl methyl sites for hydroxylation is 2. The van der Waals surface area contributed by atoms with Gasteiger partial charge in [-0.3, -0.25) is 0 Å². The molecule has 0 atom stereocenters. The van der Waals surface area contributed by atoms with Crippen molar-refractivity contribution >= 4 is 0 Å². The van der Waals surface area contributed by atoms with Gasteiger partial charge in [0.05, 0.1) is 0 Å². The molecule has 3 rings (SSSR count). The maximum Gasteiger partial charge on any atom is 0.00788 e. The van der Waals surface area contributed by atoms with Crippen LogP contribution in [-0.4, -0.2) is 12.6 Å². The molecule has 0 heterocycles. The molecular weight excluding hydrogens is 254 g/mol. The van der Waals surface area contributed by atoms with E-state index in [9.17, 15) is 0 Å². The van der Waals surface area contributed by atoms with Crippen molar-refractivity contribution in [3.63, 3.8) is 0 Å². The maximum atomic E-state index is 3.71. The quantitative estimate of drug-likeness (QED) is 0.856. The molecule has 1 aliphatic carbocycles. The molecule has 2 aromatic rings. The van der Waals surface area contributed by atoms with Gasteiger partial charge in [-0.25, -0.2) is 0 Å². The molecule has 110 valence electrons. The summed E-state index contributed by atoms with van der Waals surface area (Å²) in [6.07, 6.45) is 3.72. The van der Waals surface area contributed by atoms with Gasteiger partial charge in [0.1, 0.15) is 0 Å². The van der Waals surface area contributed by atoms with Crippen molar-refractivity contribution in [2.75, 3.05) is 6.54 Å². The van der Waals surface area contributed by atoms with E-state index in [4.69, 9.17) is 0 Å². The van der Waals surface area contributed by atoms with E-state index in [1.54, 1.807) is 5.56 Å². The van der Waals surface area contributed by atoms with Crippen molar-refractivity contribution in [1.82, 2.24) is 5.32 Å². The molecule has 1 nitrogen and oxygen atoms in total. The molecule has 0 saturated heterocycles. The van der Waals surface area contributed by atoms with Crippen LogP contribution in [0.15, 0.2) is 48.5 Å². The van der Waals surface area contributed by atoms with Gasteiger partial charge >= 0.3 is 0 Å². The molecule has 0 aliphatic heterocycles. The fourth-order valence-corrected chi connectivity index (χ4v) is 3.38. The van der Waals surface area contributed by atoms with Crippen LogP contribution in [0.5, 0.6) is 0 Å². The third kappa shape index (κ3) is 3.36. The molecule has 1 aliphatic rings. The van der Waals surface area contributed by atoms with Crippen molar-refractivity contribution < 1.29 is 0 Å². The second-order valence-electron chi connectivity index (χ2n) is 6.35. The number of rotatable bonds is 5. The van der Waals surface area contributed by atoms with Gasteiger partial charge in [-0.05, 0) is 67.8 Å². The number of benzene rings is 2. The van der Waals surface area contributed by atoms with Crippen LogP contribution in [-0.2, 0) is 6.42 Å². The van der Waals surface area contributed by atoms with E-state index in [1.807, 2.05) is 0 Å². The molecule has 0 unspecified atom stereocenters. The number of hydrogen-bond donors (Lipinski definition) is 1. The lowest BCUT2D eigenvalue weighted by Crippen LogP contribution is -2.41. The molecule has 1 fully saturated rings. The Morgan fingerprint density at radius 2 is 1.57 bits per heavy atom. The van der Waals surface area contributed by atoms with Crippen molar-refractivity contribution in [2.24, 2.45) is 0 Å². The lowest BCUT2D eigenvalue weighted by Gasteiger charge is -2.37. The second kappa shape index (κ2) is 6.44. The van der Waals surface area contributed by atoms with E-state index < -0.39 is 0 Å². The Morgan fingerprint density at radius 1 is 0.905 bits per heavy atom. The molecule has 0 amide bonds. The lowest BCUT2D eigenvalue weighted by atomic mass is 9.74. The predicted octanol–water partition coefficient (Wildman–Crippen LogP) is 4.38. The van der Waals surface area contributed by atoms with Gasteiger partial charge in [0.25, 0.3) is 0 Å². The Balaban J connectivity index is 1.44. The first-order chi connectivity index (χ1) is 10.2. The standard InChI is InChI=1S/C20H25N/c1-15-7-3-5-9-17(15)11-12-21-19-13-18(14-19)20-10-6-4-8-16(20)2/h3-10,18-19,21H,11-14H2,1-2H3. The number of hydrogen-bond acceptors (Lipinski definition) is 1. The third-order valence-corrected chi connectivity index (χ3v) is 4.85. The molecular formula is C20H25N. The maximum absolute atomic E-state index is 3.71. The monoisotopic (exact) mass is 279 g/mol. The van der Waals surface area contributed by atoms with Gasteiger partial charge in [0.2, 0.25) is 0 Å². The molecule has 2 aromatic carbocycles. The Labute approximate surface area is 128 Å². The van der Waals surface area contributed by atoms with E-state index in [2.05, 4.69) is 67.7 Å². The zero-order valence-electron chi connectivity index (χ0n) is 13.1. The minimum absolute atomic E-state index is 0.707. The van der Waals surface area contributed by atoms with Crippen molar-refractivity contribution in [3.05, 3.63) is 70.8 Å². The topological polar surface area (TPSA) is 12.0 Å². The minimum atomic E-state index is 0.707. The zero-order chi connectivity index (χ0) is 14.7. The van der Waals surface area contributed by atoms with Gasteiger partial charge in [-0.2, -0.15) is 0 Å². The third-order valence-electron chi connectivity index (χ3n) is 4.85. The zero-order valence-corrected chi connectivity index (χ0v) is 13.1. The Bertz CT molecular complexity index is 596. The second-order valence-corrected chi connectivity index (χ2v) is 6.35. The summed E-state index contributed by atoms with van der Waals surface area (Å²) >= 11 is 0. The average molecular weight is 279 g/mol. The summed E-state index contributed by atoms with van der Waals surface area (Å²) in [5.74, 6) is 0.766. The normalized spacial score (nSPS) is 21.0. The van der Waals surface area contributed by atoms with E-state index in [-0.39, 0.29) is 0 Å². The van der Waals surface area contributed by atoms with Gasteiger partial charge in [-0.15, -0.1) is 0 Å². The summed E-state index contributed by atoms with van der Waals surface area (Å²) < 4.78 is 0. The van der Waals surface area contributed by atoms with Gasteiger partial charge in [0, 0.05) is 6.04 Å². The van der Waals surface area contributed by atoms with Crippen LogP contribution in [0.2, 0.25) is 0 Å². The highest BCUT2D eigenvalue weighted by atomic mass is 14.9. The highest BCUT2D eigenvalue weighted by Crippen LogP contribution is 2.38. The number of nitrogens with one attached hydrogen (secondary N) is 1. The fourth-order valence-electron chi connectivity index (χ4n) is 3.38. The molecule has 0 radical (unpaired) electrons. The molecule has 1 saturated carbocycles. The van der Waals surface area contributed by atoms with Crippen LogP contribution in [0.4, 0.5) is 0 Å². The van der Waals surface area contributed by atoms with Crippen LogP contribution < -0.4 is 5.32 Å². The summed E-state index contributed by atoms with van der Waals surface area (Å²) in [6.45, 7) is 5.52. The smallest absolute Gasteiger partial charge is 0.00788 e. The van der Waals surface area contributed by atoms with Crippen LogP contribution in [0.3, 0.4) is 0 Å². The van der Waals surface area contributed by atoms with Crippen molar-refractivity contribution in [3.8, 4) is 0 Å². The molecule has 21 heavy (non-hydrogen) atoms. The fraction of sp³-hybridized carbons (Fsp3) is 0.400. The van der Waals surface area contributed by atoms with Gasteiger partial charge < -0.3 is 5.32 Å². The Hall–Kier alpha value is -1.60. The first kappa shape index (κ1) is 14.3. The van der Waals surface area contributed by atoms with Crippen LogP contribution in [0, 0.1) is 13.8 Å². The minimum Gasteiger partial charge on any atom is -0.314 e. The lowest BCUT2D eigenvalue weighted by molar-refractivity contribution is 0.292. The molecule has 1 heteroatoms. The highest BCUT2D eigenvalue weighted by molar-refractivity contribution is 5.31. The van der Waals surface area contributed by atoms with E-state index in [1.165, 1.54) is 29.5 Å². The predicted molar refractivity (Wildman–Crippen MR) is 89.8 cm³/mol. The van der Waals surface area contributed by atoms with Crippen LogP contribution >= 0.6 is 0 Å². The first-order valence-corrected chi connectivity index (χ1v) is 8.07. The summed E-state index contributed by atoms with van der Waals surface area (Å²) in [6, 6.07) is 18.2. The summed E-state index contributed by atoms with van der Waals surface area (Å²) in [4.78, 5) is 0. The Kier molecular flexibility index (Phi) is 4.40. The largest absolute Gasteiger partial charge is 0.314 e. The molecule has 0 aromatic heterocycles.